The van der Waals surface area contributed by atoms with Crippen LogP contribution in [-0.2, 0) is 0 Å². The lowest BCUT2D eigenvalue weighted by Gasteiger charge is -2.30. The van der Waals surface area contributed by atoms with Crippen LogP contribution in [0.3, 0.4) is 0 Å². The average molecular weight is 288 g/mol. The van der Waals surface area contributed by atoms with Crippen molar-refractivity contribution in [1.82, 2.24) is 9.97 Å². The molecule has 1 unspecified atom stereocenters. The van der Waals surface area contributed by atoms with Crippen LogP contribution >= 0.6 is 11.6 Å². The summed E-state index contributed by atoms with van der Waals surface area (Å²) in [6.45, 7) is -0.686. The van der Waals surface area contributed by atoms with Crippen LogP contribution in [0.25, 0.3) is 0 Å². The SMILES string of the molecule is CN(c1nc(Cl)ncc1F)C(CCO)C(F)(F)F. The van der Waals surface area contributed by atoms with E-state index in [-0.39, 0.29) is 5.28 Å². The average Bonchev–Trinajstić information content (AvgIpc) is 2.27. The Morgan fingerprint density at radius 1 is 1.50 bits per heavy atom. The van der Waals surface area contributed by atoms with Gasteiger partial charge in [0.15, 0.2) is 11.6 Å². The minimum absolute atomic E-state index is 0.358. The third-order valence-electron chi connectivity index (χ3n) is 2.28. The molecular weight excluding hydrogens is 278 g/mol. The van der Waals surface area contributed by atoms with Gasteiger partial charge in [0.25, 0.3) is 0 Å². The van der Waals surface area contributed by atoms with E-state index in [2.05, 4.69) is 9.97 Å². The number of halogens is 5. The van der Waals surface area contributed by atoms with Crippen molar-refractivity contribution in [2.75, 3.05) is 18.6 Å². The maximum absolute atomic E-state index is 13.4. The Labute approximate surface area is 105 Å². The summed E-state index contributed by atoms with van der Waals surface area (Å²) in [7, 11) is 1.02. The lowest BCUT2D eigenvalue weighted by molar-refractivity contribution is -0.151. The maximum atomic E-state index is 13.4. The molecule has 0 aliphatic heterocycles. The van der Waals surface area contributed by atoms with Gasteiger partial charge in [-0.25, -0.2) is 9.37 Å². The molecule has 0 bridgehead atoms. The fraction of sp³-hybridized carbons (Fsp3) is 0.556. The van der Waals surface area contributed by atoms with E-state index in [4.69, 9.17) is 16.7 Å². The van der Waals surface area contributed by atoms with Gasteiger partial charge < -0.3 is 10.0 Å². The number of alkyl halides is 3. The first-order valence-electron chi connectivity index (χ1n) is 4.85. The third kappa shape index (κ3) is 3.42. The van der Waals surface area contributed by atoms with Crippen LogP contribution in [0, 0.1) is 5.82 Å². The highest BCUT2D eigenvalue weighted by atomic mass is 35.5. The predicted molar refractivity (Wildman–Crippen MR) is 56.9 cm³/mol. The highest BCUT2D eigenvalue weighted by Crippen LogP contribution is 2.30. The summed E-state index contributed by atoms with van der Waals surface area (Å²) in [5.41, 5.74) is 0. The van der Waals surface area contributed by atoms with Gasteiger partial charge in [-0.3, -0.25) is 0 Å². The molecule has 1 heterocycles. The first-order valence-corrected chi connectivity index (χ1v) is 5.23. The molecule has 18 heavy (non-hydrogen) atoms. The Bertz CT molecular complexity index is 415. The van der Waals surface area contributed by atoms with Gasteiger partial charge in [0, 0.05) is 13.7 Å². The Kier molecular flexibility index (Phi) is 4.69. The molecule has 1 atom stereocenters. The van der Waals surface area contributed by atoms with Crippen molar-refractivity contribution in [2.45, 2.75) is 18.6 Å². The molecule has 0 fully saturated rings. The van der Waals surface area contributed by atoms with Crippen LogP contribution in [0.2, 0.25) is 5.28 Å². The monoisotopic (exact) mass is 287 g/mol. The fourth-order valence-electron chi connectivity index (χ4n) is 1.43. The molecule has 0 aliphatic rings. The zero-order chi connectivity index (χ0) is 13.9. The van der Waals surface area contributed by atoms with Gasteiger partial charge in [0.1, 0.15) is 6.04 Å². The van der Waals surface area contributed by atoms with Crippen molar-refractivity contribution >= 4 is 17.4 Å². The first-order chi connectivity index (χ1) is 8.27. The van der Waals surface area contributed by atoms with Crippen LogP contribution in [0.15, 0.2) is 6.20 Å². The van der Waals surface area contributed by atoms with Crippen LogP contribution in [0.1, 0.15) is 6.42 Å². The fourth-order valence-corrected chi connectivity index (χ4v) is 1.56. The molecule has 0 aromatic carbocycles. The van der Waals surface area contributed by atoms with E-state index in [0.717, 1.165) is 7.05 Å². The second-order valence-electron chi connectivity index (χ2n) is 3.49. The zero-order valence-electron chi connectivity index (χ0n) is 9.25. The molecule has 0 spiro atoms. The first kappa shape index (κ1) is 14.9. The van der Waals surface area contributed by atoms with Gasteiger partial charge >= 0.3 is 6.18 Å². The topological polar surface area (TPSA) is 49.2 Å². The van der Waals surface area contributed by atoms with Crippen molar-refractivity contribution in [3.05, 3.63) is 17.3 Å². The Balaban J connectivity index is 3.09. The number of hydrogen-bond acceptors (Lipinski definition) is 4. The van der Waals surface area contributed by atoms with Crippen molar-refractivity contribution in [1.29, 1.82) is 0 Å². The summed E-state index contributed by atoms with van der Waals surface area (Å²) in [5, 5.41) is 8.28. The smallest absolute Gasteiger partial charge is 0.396 e. The number of aliphatic hydroxyl groups excluding tert-OH is 1. The second-order valence-corrected chi connectivity index (χ2v) is 3.83. The van der Waals surface area contributed by atoms with E-state index in [9.17, 15) is 17.6 Å². The van der Waals surface area contributed by atoms with Crippen molar-refractivity contribution in [2.24, 2.45) is 0 Å². The van der Waals surface area contributed by atoms with E-state index in [0.29, 0.717) is 11.1 Å². The van der Waals surface area contributed by atoms with E-state index >= 15 is 0 Å². The minimum atomic E-state index is -4.62. The van der Waals surface area contributed by atoms with Crippen LogP contribution in [-0.4, -0.2) is 40.9 Å². The van der Waals surface area contributed by atoms with E-state index in [1.54, 1.807) is 0 Å². The predicted octanol–water partition coefficient (Wildman–Crippen LogP) is 2.02. The molecule has 0 amide bonds. The Hall–Kier alpha value is -1.15. The normalized spacial score (nSPS) is 13.5. The van der Waals surface area contributed by atoms with Gasteiger partial charge in [0.2, 0.25) is 5.28 Å². The third-order valence-corrected chi connectivity index (χ3v) is 2.46. The highest BCUT2D eigenvalue weighted by Gasteiger charge is 2.43. The summed E-state index contributed by atoms with van der Waals surface area (Å²) in [4.78, 5) is 7.31. The zero-order valence-corrected chi connectivity index (χ0v) is 10.0. The number of aliphatic hydroxyl groups is 1. The van der Waals surface area contributed by atoms with Crippen molar-refractivity contribution in [3.8, 4) is 0 Å². The van der Waals surface area contributed by atoms with Gasteiger partial charge in [-0.1, -0.05) is 0 Å². The quantitative estimate of drug-likeness (QED) is 0.680. The van der Waals surface area contributed by atoms with Gasteiger partial charge in [0.05, 0.1) is 6.20 Å². The molecule has 102 valence electrons. The maximum Gasteiger partial charge on any atom is 0.408 e. The van der Waals surface area contributed by atoms with E-state index < -0.39 is 36.9 Å². The second kappa shape index (κ2) is 5.66. The lowest BCUT2D eigenvalue weighted by Crippen LogP contribution is -2.45. The molecular formula is C9H10ClF4N3O. The molecule has 0 saturated heterocycles. The molecule has 9 heteroatoms. The molecule has 1 aromatic heterocycles. The van der Waals surface area contributed by atoms with Crippen LogP contribution in [0.5, 0.6) is 0 Å². The van der Waals surface area contributed by atoms with E-state index in [1.807, 2.05) is 0 Å². The summed E-state index contributed by atoms with van der Waals surface area (Å²) >= 11 is 5.41. The highest BCUT2D eigenvalue weighted by molar-refractivity contribution is 6.28. The number of aromatic nitrogens is 2. The van der Waals surface area contributed by atoms with Crippen molar-refractivity contribution in [3.63, 3.8) is 0 Å². The largest absolute Gasteiger partial charge is 0.408 e. The van der Waals surface area contributed by atoms with Gasteiger partial charge in [-0.2, -0.15) is 18.2 Å². The standard InChI is InChI=1S/C9H10ClF4N3O/c1-17(6(2-3-18)9(12,13)14)7-5(11)4-15-8(10)16-7/h4,6,18H,2-3H2,1H3. The molecule has 4 nitrogen and oxygen atoms in total. The Morgan fingerprint density at radius 2 is 2.11 bits per heavy atom. The number of nitrogens with zero attached hydrogens (tertiary/aromatic N) is 3. The summed E-state index contributed by atoms with van der Waals surface area (Å²) in [6, 6.07) is -2.05. The van der Waals surface area contributed by atoms with E-state index in [1.165, 1.54) is 0 Å². The summed E-state index contributed by atoms with van der Waals surface area (Å²) in [6.07, 6.45) is -4.53. The van der Waals surface area contributed by atoms with Crippen LogP contribution < -0.4 is 4.90 Å². The summed E-state index contributed by atoms with van der Waals surface area (Å²) in [5.74, 6) is -1.58. The molecule has 0 radical (unpaired) electrons. The minimum Gasteiger partial charge on any atom is -0.396 e. The number of rotatable bonds is 4. The molecule has 1 N–H and O–H groups in total. The van der Waals surface area contributed by atoms with Crippen molar-refractivity contribution < 1.29 is 22.7 Å². The molecule has 0 saturated carbocycles. The molecule has 1 aromatic rings. The molecule has 0 aliphatic carbocycles. The van der Waals surface area contributed by atoms with Gasteiger partial charge in [-0.05, 0) is 18.0 Å². The van der Waals surface area contributed by atoms with Gasteiger partial charge in [-0.15, -0.1) is 0 Å². The number of hydrogen-bond donors (Lipinski definition) is 1. The lowest BCUT2D eigenvalue weighted by atomic mass is 10.2. The van der Waals surface area contributed by atoms with Crippen LogP contribution in [0.4, 0.5) is 23.4 Å². The Morgan fingerprint density at radius 3 is 2.61 bits per heavy atom. The summed E-state index contributed by atoms with van der Waals surface area (Å²) < 4.78 is 51.5. The number of anilines is 1. The molecule has 1 rings (SSSR count).